The molecule has 0 spiro atoms. The number of fused-ring (bicyclic) bond motifs is 1. The highest BCUT2D eigenvalue weighted by atomic mass is 32.1. The van der Waals surface area contributed by atoms with Crippen LogP contribution >= 0.6 is 11.3 Å². The molecule has 126 valence electrons. The van der Waals surface area contributed by atoms with E-state index in [1.54, 1.807) is 6.20 Å². The zero-order valence-electron chi connectivity index (χ0n) is 13.5. The Labute approximate surface area is 145 Å². The zero-order valence-corrected chi connectivity index (χ0v) is 14.3. The summed E-state index contributed by atoms with van der Waals surface area (Å²) in [5.41, 5.74) is 1.11. The molecule has 2 aliphatic rings. The highest BCUT2D eigenvalue weighted by Gasteiger charge is 2.38. The van der Waals surface area contributed by atoms with Gasteiger partial charge in [0.15, 0.2) is 0 Å². The molecule has 6 heteroatoms. The number of aromatic nitrogens is 1. The van der Waals surface area contributed by atoms with Crippen LogP contribution < -0.4 is 0 Å². The number of piperazine rings is 1. The van der Waals surface area contributed by atoms with E-state index in [9.17, 15) is 4.79 Å². The first-order chi connectivity index (χ1) is 11.8. The molecule has 0 saturated carbocycles. The predicted molar refractivity (Wildman–Crippen MR) is 93.0 cm³/mol. The Kier molecular flexibility index (Phi) is 4.60. The number of carbonyl (C=O) groups excluding carboxylic acids is 1. The van der Waals surface area contributed by atoms with Crippen LogP contribution in [0.5, 0.6) is 0 Å². The third-order valence-corrected chi connectivity index (χ3v) is 5.66. The van der Waals surface area contributed by atoms with Crippen molar-refractivity contribution in [2.24, 2.45) is 0 Å². The molecule has 4 rings (SSSR count). The van der Waals surface area contributed by atoms with Crippen molar-refractivity contribution < 1.29 is 9.53 Å². The lowest BCUT2D eigenvalue weighted by Crippen LogP contribution is -2.51. The lowest BCUT2D eigenvalue weighted by molar-refractivity contribution is 0.0450. The lowest BCUT2D eigenvalue weighted by Gasteiger charge is -2.37. The van der Waals surface area contributed by atoms with Crippen LogP contribution in [0.25, 0.3) is 0 Å². The molecule has 1 amide bonds. The third-order valence-electron chi connectivity index (χ3n) is 4.81. The summed E-state index contributed by atoms with van der Waals surface area (Å²) < 4.78 is 6.07. The van der Waals surface area contributed by atoms with Gasteiger partial charge in [-0.05, 0) is 29.5 Å². The second-order valence-electron chi connectivity index (χ2n) is 6.41. The molecule has 2 aromatic rings. The molecule has 0 bridgehead atoms. The highest BCUT2D eigenvalue weighted by molar-refractivity contribution is 7.12. The van der Waals surface area contributed by atoms with E-state index in [0.717, 1.165) is 43.0 Å². The standard InChI is InChI=1S/C18H21N3O2S/c22-18(17-4-2-8-24-17)21-7-6-20-12-16(9-15(20)11-21)23-13-14-3-1-5-19-10-14/h1-5,8,10,15-16H,6-7,9,11-13H2/t15-,16-/m1/s1. The smallest absolute Gasteiger partial charge is 0.264 e. The quantitative estimate of drug-likeness (QED) is 0.854. The third kappa shape index (κ3) is 3.36. The number of amides is 1. The number of thiophene rings is 1. The lowest BCUT2D eigenvalue weighted by atomic mass is 10.1. The van der Waals surface area contributed by atoms with Crippen molar-refractivity contribution in [2.45, 2.75) is 25.2 Å². The molecule has 2 aliphatic heterocycles. The molecule has 24 heavy (non-hydrogen) atoms. The Morgan fingerprint density at radius 1 is 1.29 bits per heavy atom. The molecular formula is C18H21N3O2S. The minimum atomic E-state index is 0.171. The first kappa shape index (κ1) is 15.7. The summed E-state index contributed by atoms with van der Waals surface area (Å²) in [5, 5.41) is 1.96. The molecule has 4 heterocycles. The van der Waals surface area contributed by atoms with Crippen molar-refractivity contribution in [2.75, 3.05) is 26.2 Å². The van der Waals surface area contributed by atoms with Crippen LogP contribution in [0.1, 0.15) is 21.7 Å². The summed E-state index contributed by atoms with van der Waals surface area (Å²) in [4.78, 5) is 21.9. The number of nitrogens with zero attached hydrogens (tertiary/aromatic N) is 3. The maximum absolute atomic E-state index is 12.5. The van der Waals surface area contributed by atoms with Crippen LogP contribution in [0.3, 0.4) is 0 Å². The van der Waals surface area contributed by atoms with Gasteiger partial charge in [-0.3, -0.25) is 14.7 Å². The van der Waals surface area contributed by atoms with Gasteiger partial charge in [0.05, 0.1) is 17.6 Å². The monoisotopic (exact) mass is 343 g/mol. The zero-order chi connectivity index (χ0) is 16.4. The average molecular weight is 343 g/mol. The highest BCUT2D eigenvalue weighted by Crippen LogP contribution is 2.26. The van der Waals surface area contributed by atoms with Crippen molar-refractivity contribution in [1.82, 2.24) is 14.8 Å². The molecular weight excluding hydrogens is 322 g/mol. The summed E-state index contributed by atoms with van der Waals surface area (Å²) in [6, 6.07) is 8.24. The van der Waals surface area contributed by atoms with Gasteiger partial charge in [-0.15, -0.1) is 11.3 Å². The number of carbonyl (C=O) groups is 1. The van der Waals surface area contributed by atoms with Gasteiger partial charge >= 0.3 is 0 Å². The van der Waals surface area contributed by atoms with Gasteiger partial charge in [-0.1, -0.05) is 12.1 Å². The number of ether oxygens (including phenoxy) is 1. The molecule has 0 N–H and O–H groups in total. The van der Waals surface area contributed by atoms with Crippen molar-refractivity contribution in [3.8, 4) is 0 Å². The maximum atomic E-state index is 12.5. The molecule has 2 atom stereocenters. The summed E-state index contributed by atoms with van der Waals surface area (Å²) in [6.45, 7) is 4.13. The Morgan fingerprint density at radius 2 is 2.25 bits per heavy atom. The van der Waals surface area contributed by atoms with E-state index in [1.807, 2.05) is 40.7 Å². The van der Waals surface area contributed by atoms with Crippen LogP contribution in [-0.2, 0) is 11.3 Å². The number of pyridine rings is 1. The average Bonchev–Trinajstić information content (AvgIpc) is 3.29. The number of rotatable bonds is 4. The molecule has 2 aromatic heterocycles. The van der Waals surface area contributed by atoms with Crippen LogP contribution in [-0.4, -0.2) is 59.0 Å². The minimum absolute atomic E-state index is 0.171. The maximum Gasteiger partial charge on any atom is 0.264 e. The first-order valence-electron chi connectivity index (χ1n) is 8.37. The van der Waals surface area contributed by atoms with E-state index < -0.39 is 0 Å². The SMILES string of the molecule is O=C(c1cccs1)N1CCN2C[C@H](OCc3cccnc3)C[C@@H]2C1. The van der Waals surface area contributed by atoms with Crippen molar-refractivity contribution >= 4 is 17.2 Å². The predicted octanol–water partition coefficient (Wildman–Crippen LogP) is 2.26. The molecule has 0 aliphatic carbocycles. The molecule has 0 unspecified atom stereocenters. The first-order valence-corrected chi connectivity index (χ1v) is 9.25. The Balaban J connectivity index is 1.32. The van der Waals surface area contributed by atoms with Crippen molar-refractivity contribution in [1.29, 1.82) is 0 Å². The molecule has 0 aromatic carbocycles. The van der Waals surface area contributed by atoms with E-state index in [2.05, 4.69) is 9.88 Å². The fourth-order valence-electron chi connectivity index (χ4n) is 3.56. The fourth-order valence-corrected chi connectivity index (χ4v) is 4.25. The second kappa shape index (κ2) is 7.01. The van der Waals surface area contributed by atoms with Crippen LogP contribution in [0.2, 0.25) is 0 Å². The Hall–Kier alpha value is -1.76. The van der Waals surface area contributed by atoms with E-state index in [1.165, 1.54) is 11.3 Å². The normalized spacial score (nSPS) is 24.1. The van der Waals surface area contributed by atoms with Gasteiger partial charge in [-0.25, -0.2) is 0 Å². The van der Waals surface area contributed by atoms with Gasteiger partial charge in [-0.2, -0.15) is 0 Å². The number of hydrogen-bond donors (Lipinski definition) is 0. The molecule has 2 fully saturated rings. The summed E-state index contributed by atoms with van der Waals surface area (Å²) in [6.07, 6.45) is 4.86. The van der Waals surface area contributed by atoms with Crippen molar-refractivity contribution in [3.63, 3.8) is 0 Å². The number of hydrogen-bond acceptors (Lipinski definition) is 5. The Morgan fingerprint density at radius 3 is 3.04 bits per heavy atom. The van der Waals surface area contributed by atoms with E-state index in [-0.39, 0.29) is 12.0 Å². The van der Waals surface area contributed by atoms with Gasteiger partial charge in [0.1, 0.15) is 0 Å². The largest absolute Gasteiger partial charge is 0.372 e. The van der Waals surface area contributed by atoms with Crippen LogP contribution in [0.4, 0.5) is 0 Å². The second-order valence-corrected chi connectivity index (χ2v) is 7.35. The van der Waals surface area contributed by atoms with Gasteiger partial charge in [0, 0.05) is 44.6 Å². The van der Waals surface area contributed by atoms with Gasteiger partial charge < -0.3 is 9.64 Å². The topological polar surface area (TPSA) is 45.7 Å². The summed E-state index contributed by atoms with van der Waals surface area (Å²) >= 11 is 1.52. The van der Waals surface area contributed by atoms with E-state index in [4.69, 9.17) is 4.74 Å². The molecule has 5 nitrogen and oxygen atoms in total. The van der Waals surface area contributed by atoms with Crippen LogP contribution in [0, 0.1) is 0 Å². The summed E-state index contributed by atoms with van der Waals surface area (Å²) in [7, 11) is 0. The van der Waals surface area contributed by atoms with Gasteiger partial charge in [0.25, 0.3) is 5.91 Å². The Bertz CT molecular complexity index is 677. The molecule has 2 saturated heterocycles. The van der Waals surface area contributed by atoms with Crippen molar-refractivity contribution in [3.05, 3.63) is 52.5 Å². The fraction of sp³-hybridized carbons (Fsp3) is 0.444. The molecule has 0 radical (unpaired) electrons. The van der Waals surface area contributed by atoms with E-state index in [0.29, 0.717) is 12.6 Å². The minimum Gasteiger partial charge on any atom is -0.372 e. The van der Waals surface area contributed by atoms with E-state index >= 15 is 0 Å². The summed E-state index contributed by atoms with van der Waals surface area (Å²) in [5.74, 6) is 0.171. The van der Waals surface area contributed by atoms with Gasteiger partial charge in [0.2, 0.25) is 0 Å². The van der Waals surface area contributed by atoms with Crippen LogP contribution in [0.15, 0.2) is 42.0 Å².